The highest BCUT2D eigenvalue weighted by atomic mass is 16.3. The van der Waals surface area contributed by atoms with Crippen LogP contribution >= 0.6 is 0 Å². The molecule has 146 valence electrons. The van der Waals surface area contributed by atoms with Gasteiger partial charge in [-0.2, -0.15) is 0 Å². The Bertz CT molecular complexity index is 1170. The van der Waals surface area contributed by atoms with Crippen molar-refractivity contribution in [3.63, 3.8) is 0 Å². The Morgan fingerprint density at radius 1 is 1.14 bits per heavy atom. The van der Waals surface area contributed by atoms with Crippen LogP contribution in [0.15, 0.2) is 45.5 Å². The zero-order valence-corrected chi connectivity index (χ0v) is 16.8. The summed E-state index contributed by atoms with van der Waals surface area (Å²) in [5.74, 6) is 2.42. The third kappa shape index (κ3) is 2.31. The van der Waals surface area contributed by atoms with E-state index in [0.717, 1.165) is 24.8 Å². The summed E-state index contributed by atoms with van der Waals surface area (Å²) in [7, 11) is 0. The highest BCUT2D eigenvalue weighted by molar-refractivity contribution is 5.80. The third-order valence-electron chi connectivity index (χ3n) is 6.70. The molecule has 1 aromatic carbocycles. The molecule has 0 spiro atoms. The Hall–Kier alpha value is -2.58. The van der Waals surface area contributed by atoms with Crippen LogP contribution in [0.25, 0.3) is 10.8 Å². The Morgan fingerprint density at radius 3 is 2.36 bits per heavy atom. The quantitative estimate of drug-likeness (QED) is 0.613. The molecule has 3 atom stereocenters. The Morgan fingerprint density at radius 2 is 1.75 bits per heavy atom. The summed E-state index contributed by atoms with van der Waals surface area (Å²) in [6, 6.07) is 6.04. The molecule has 3 unspecified atom stereocenters. The average molecular weight is 378 g/mol. The highest BCUT2D eigenvalue weighted by Crippen LogP contribution is 2.52. The van der Waals surface area contributed by atoms with Gasteiger partial charge < -0.3 is 5.11 Å². The maximum atomic E-state index is 13.6. The van der Waals surface area contributed by atoms with Gasteiger partial charge in [0, 0.05) is 0 Å². The van der Waals surface area contributed by atoms with Crippen LogP contribution < -0.4 is 11.1 Å². The molecular weight excluding hydrogens is 352 g/mol. The minimum atomic E-state index is -1.61. The zero-order chi connectivity index (χ0) is 20.5. The average Bonchev–Trinajstić information content (AvgIpc) is 2.64. The first-order chi connectivity index (χ1) is 13.0. The number of benzene rings is 1. The first-order valence-electron chi connectivity index (χ1n) is 9.74. The molecule has 0 saturated heterocycles. The number of terminal acetylenes is 1. The van der Waals surface area contributed by atoms with E-state index >= 15 is 0 Å². The van der Waals surface area contributed by atoms with E-state index in [1.807, 2.05) is 13.0 Å². The summed E-state index contributed by atoms with van der Waals surface area (Å²) in [5, 5.41) is 11.7. The molecule has 0 bridgehead atoms. The van der Waals surface area contributed by atoms with Crippen molar-refractivity contribution in [1.82, 2.24) is 9.36 Å². The lowest BCUT2D eigenvalue weighted by Crippen LogP contribution is -2.59. The Balaban J connectivity index is 2.22. The van der Waals surface area contributed by atoms with Crippen molar-refractivity contribution >= 4 is 10.8 Å². The Kier molecular flexibility index (Phi) is 3.83. The van der Waals surface area contributed by atoms with E-state index in [2.05, 4.69) is 19.8 Å². The lowest BCUT2D eigenvalue weighted by Gasteiger charge is -2.52. The number of aromatic nitrogens is 2. The molecule has 1 saturated carbocycles. The van der Waals surface area contributed by atoms with E-state index in [0.29, 0.717) is 10.8 Å². The van der Waals surface area contributed by atoms with E-state index in [4.69, 9.17) is 6.42 Å². The monoisotopic (exact) mass is 378 g/mol. The summed E-state index contributed by atoms with van der Waals surface area (Å²) < 4.78 is 2.97. The first kappa shape index (κ1) is 18.8. The molecule has 1 N–H and O–H groups in total. The normalized spacial score (nSPS) is 27.9. The van der Waals surface area contributed by atoms with Crippen molar-refractivity contribution in [2.24, 2.45) is 5.41 Å². The number of fused-ring (bicyclic) bond motifs is 4. The molecule has 5 heteroatoms. The highest BCUT2D eigenvalue weighted by Gasteiger charge is 2.50. The number of allylic oxidation sites excluding steroid dienone is 1. The number of nitrogens with zero attached hydrogens (tertiary/aromatic N) is 2. The molecule has 1 aliphatic heterocycles. The van der Waals surface area contributed by atoms with Crippen LogP contribution in [0.5, 0.6) is 0 Å². The van der Waals surface area contributed by atoms with Gasteiger partial charge in [0.05, 0.1) is 16.3 Å². The van der Waals surface area contributed by atoms with Crippen molar-refractivity contribution < 1.29 is 5.11 Å². The standard InChI is InChI=1S/C23H26N2O3/c1-6-23(5,28)18-14-17-21(2,3)12-9-13-22(17,4)25-20(27)16-11-8-7-10-15(16)19(26)24(18)25/h1,7-8,10-11,14,18,28H,9,12-13H2,2-5H3. The smallest absolute Gasteiger partial charge is 0.274 e. The predicted molar refractivity (Wildman–Crippen MR) is 110 cm³/mol. The topological polar surface area (TPSA) is 64.2 Å². The number of hydrogen-bond donors (Lipinski definition) is 1. The largest absolute Gasteiger partial charge is 0.375 e. The molecular formula is C23H26N2O3. The summed E-state index contributed by atoms with van der Waals surface area (Å²) in [5.41, 5.74) is -1.88. The van der Waals surface area contributed by atoms with Crippen molar-refractivity contribution in [3.8, 4) is 12.3 Å². The molecule has 2 aliphatic rings. The van der Waals surface area contributed by atoms with Gasteiger partial charge in [-0.1, -0.05) is 38.0 Å². The van der Waals surface area contributed by atoms with E-state index in [9.17, 15) is 14.7 Å². The zero-order valence-electron chi connectivity index (χ0n) is 16.8. The first-order valence-corrected chi connectivity index (χ1v) is 9.74. The second kappa shape index (κ2) is 5.71. The molecule has 0 radical (unpaired) electrons. The maximum absolute atomic E-state index is 13.6. The van der Waals surface area contributed by atoms with Crippen LogP contribution in [0, 0.1) is 17.8 Å². The summed E-state index contributed by atoms with van der Waals surface area (Å²) >= 11 is 0. The van der Waals surface area contributed by atoms with Gasteiger partial charge >= 0.3 is 0 Å². The van der Waals surface area contributed by atoms with E-state index < -0.39 is 17.2 Å². The van der Waals surface area contributed by atoms with Gasteiger partial charge in [-0.3, -0.25) is 9.59 Å². The van der Waals surface area contributed by atoms with Crippen LogP contribution in [0.4, 0.5) is 0 Å². The number of rotatable bonds is 1. The predicted octanol–water partition coefficient (Wildman–Crippen LogP) is 2.95. The Labute approximate surface area is 164 Å². The SMILES string of the molecule is C#CC(C)(O)C1C=C2C(C)(C)CCCC2(C)n2c(=O)c3ccccc3c(=O)n21. The summed E-state index contributed by atoms with van der Waals surface area (Å²) in [6.07, 6.45) is 10.3. The van der Waals surface area contributed by atoms with E-state index in [1.165, 1.54) is 11.6 Å². The molecule has 1 aliphatic carbocycles. The van der Waals surface area contributed by atoms with Crippen LogP contribution in [0.2, 0.25) is 0 Å². The molecule has 5 nitrogen and oxygen atoms in total. The van der Waals surface area contributed by atoms with Crippen molar-refractivity contribution in [3.05, 3.63) is 56.6 Å². The fourth-order valence-electron chi connectivity index (χ4n) is 5.21. The molecule has 2 aromatic rings. The third-order valence-corrected chi connectivity index (χ3v) is 6.70. The maximum Gasteiger partial charge on any atom is 0.274 e. The molecule has 0 amide bonds. The lowest BCUT2D eigenvalue weighted by molar-refractivity contribution is 0.0392. The molecule has 4 rings (SSSR count). The van der Waals surface area contributed by atoms with Crippen molar-refractivity contribution in [1.29, 1.82) is 0 Å². The molecule has 2 heterocycles. The van der Waals surface area contributed by atoms with Crippen LogP contribution in [-0.2, 0) is 5.54 Å². The fourth-order valence-corrected chi connectivity index (χ4v) is 5.21. The van der Waals surface area contributed by atoms with E-state index in [1.54, 1.807) is 28.9 Å². The summed E-state index contributed by atoms with van der Waals surface area (Å²) in [4.78, 5) is 27.1. The lowest BCUT2D eigenvalue weighted by atomic mass is 9.63. The van der Waals surface area contributed by atoms with Crippen LogP contribution in [-0.4, -0.2) is 20.1 Å². The second-order valence-electron chi connectivity index (χ2n) is 9.14. The van der Waals surface area contributed by atoms with Crippen molar-refractivity contribution in [2.45, 2.75) is 64.1 Å². The second-order valence-corrected chi connectivity index (χ2v) is 9.14. The van der Waals surface area contributed by atoms with E-state index in [-0.39, 0.29) is 16.5 Å². The van der Waals surface area contributed by atoms with Crippen molar-refractivity contribution in [2.75, 3.05) is 0 Å². The van der Waals surface area contributed by atoms with Gasteiger partial charge in [0.2, 0.25) is 0 Å². The summed E-state index contributed by atoms with van der Waals surface area (Å²) in [6.45, 7) is 7.84. The van der Waals surface area contributed by atoms with Gasteiger partial charge in [-0.05, 0) is 56.2 Å². The van der Waals surface area contributed by atoms with Gasteiger partial charge in [0.15, 0.2) is 0 Å². The molecule has 28 heavy (non-hydrogen) atoms. The molecule has 1 aromatic heterocycles. The number of hydrogen-bond acceptors (Lipinski definition) is 3. The van der Waals surface area contributed by atoms with Crippen LogP contribution in [0.1, 0.15) is 53.0 Å². The minimum absolute atomic E-state index is 0.164. The van der Waals surface area contributed by atoms with Crippen LogP contribution in [0.3, 0.4) is 0 Å². The molecule has 1 fully saturated rings. The van der Waals surface area contributed by atoms with Gasteiger partial charge in [-0.25, -0.2) is 9.36 Å². The number of aliphatic hydroxyl groups is 1. The van der Waals surface area contributed by atoms with Gasteiger partial charge in [-0.15, -0.1) is 6.42 Å². The van der Waals surface area contributed by atoms with Gasteiger partial charge in [0.1, 0.15) is 11.6 Å². The van der Waals surface area contributed by atoms with Gasteiger partial charge in [0.25, 0.3) is 11.1 Å². The minimum Gasteiger partial charge on any atom is -0.375 e. The fraction of sp³-hybridized carbons (Fsp3) is 0.478.